The number of hydrogen-bond acceptors (Lipinski definition) is 5. The first-order chi connectivity index (χ1) is 10.8. The molecule has 0 amide bonds. The number of ether oxygens (including phenoxy) is 1. The summed E-state index contributed by atoms with van der Waals surface area (Å²) in [6, 6.07) is 3.70. The van der Waals surface area contributed by atoms with Crippen LogP contribution in [0.4, 0.5) is 4.39 Å². The lowest BCUT2D eigenvalue weighted by atomic mass is 9.93. The van der Waals surface area contributed by atoms with E-state index < -0.39 is 0 Å². The van der Waals surface area contributed by atoms with Gasteiger partial charge < -0.3 is 4.74 Å². The zero-order valence-corrected chi connectivity index (χ0v) is 12.6. The number of rotatable bonds is 4. The van der Waals surface area contributed by atoms with Crippen LogP contribution in [-0.4, -0.2) is 40.1 Å². The van der Waals surface area contributed by atoms with Crippen molar-refractivity contribution in [3.63, 3.8) is 0 Å². The van der Waals surface area contributed by atoms with Crippen molar-refractivity contribution in [3.8, 4) is 5.88 Å². The fourth-order valence-corrected chi connectivity index (χ4v) is 2.90. The molecule has 1 saturated heterocycles. The van der Waals surface area contributed by atoms with E-state index in [4.69, 9.17) is 4.74 Å². The van der Waals surface area contributed by atoms with Gasteiger partial charge in [0, 0.05) is 36.1 Å². The summed E-state index contributed by atoms with van der Waals surface area (Å²) in [6.45, 7) is 2.44. The monoisotopic (exact) mass is 302 g/mol. The van der Waals surface area contributed by atoms with Gasteiger partial charge in [-0.1, -0.05) is 0 Å². The number of pyridine rings is 1. The van der Waals surface area contributed by atoms with Gasteiger partial charge in [-0.05, 0) is 38.1 Å². The Morgan fingerprint density at radius 3 is 2.73 bits per heavy atom. The molecule has 2 aromatic rings. The fraction of sp³-hybridized carbons (Fsp3) is 0.438. The van der Waals surface area contributed by atoms with E-state index in [1.54, 1.807) is 24.8 Å². The van der Waals surface area contributed by atoms with E-state index in [9.17, 15) is 4.39 Å². The van der Waals surface area contributed by atoms with Gasteiger partial charge in [0.05, 0.1) is 7.11 Å². The number of nitrogens with zero attached hydrogens (tertiary/aromatic N) is 4. The van der Waals surface area contributed by atoms with Crippen LogP contribution in [0.25, 0.3) is 0 Å². The maximum absolute atomic E-state index is 14.1. The van der Waals surface area contributed by atoms with Crippen molar-refractivity contribution >= 4 is 0 Å². The summed E-state index contributed by atoms with van der Waals surface area (Å²) in [6.07, 6.45) is 7.03. The van der Waals surface area contributed by atoms with Crippen LogP contribution in [-0.2, 0) is 6.54 Å². The Labute approximate surface area is 129 Å². The molecule has 0 aliphatic carbocycles. The molecule has 1 aliphatic heterocycles. The predicted octanol–water partition coefficient (Wildman–Crippen LogP) is 2.40. The summed E-state index contributed by atoms with van der Waals surface area (Å²) in [5, 5.41) is 0. The second-order valence-electron chi connectivity index (χ2n) is 5.48. The van der Waals surface area contributed by atoms with E-state index in [0.29, 0.717) is 18.0 Å². The molecular formula is C16H19FN4O. The van der Waals surface area contributed by atoms with Gasteiger partial charge in [-0.15, -0.1) is 0 Å². The van der Waals surface area contributed by atoms with Gasteiger partial charge in [-0.2, -0.15) is 0 Å². The Kier molecular flexibility index (Phi) is 4.58. The van der Waals surface area contributed by atoms with Gasteiger partial charge in [-0.3, -0.25) is 4.90 Å². The summed E-state index contributed by atoms with van der Waals surface area (Å²) in [5.41, 5.74) is 1.73. The van der Waals surface area contributed by atoms with E-state index in [1.165, 1.54) is 7.11 Å². The number of likely N-dealkylation sites (tertiary alicyclic amines) is 1. The molecule has 1 fully saturated rings. The van der Waals surface area contributed by atoms with Crippen LogP contribution in [0.15, 0.2) is 30.9 Å². The standard InChI is InChI=1S/C16H19FN4O/c1-22-16-15(17)13(2-7-19-16)10-21-8-4-12(5-9-21)14-3-6-18-11-20-14/h2-3,6-7,11-12H,4-5,8-10H2,1H3. The Bertz CT molecular complexity index is 615. The molecule has 0 atom stereocenters. The number of piperidine rings is 1. The van der Waals surface area contributed by atoms with E-state index in [-0.39, 0.29) is 11.7 Å². The van der Waals surface area contributed by atoms with E-state index in [1.807, 2.05) is 6.07 Å². The molecule has 5 nitrogen and oxygen atoms in total. The summed E-state index contributed by atoms with van der Waals surface area (Å²) in [5.74, 6) is 0.173. The van der Waals surface area contributed by atoms with Crippen molar-refractivity contribution in [2.45, 2.75) is 25.3 Å². The van der Waals surface area contributed by atoms with Crippen LogP contribution in [0, 0.1) is 5.82 Å². The first kappa shape index (κ1) is 14.8. The van der Waals surface area contributed by atoms with Crippen LogP contribution >= 0.6 is 0 Å². The predicted molar refractivity (Wildman–Crippen MR) is 80.0 cm³/mol. The molecule has 1 aliphatic rings. The summed E-state index contributed by atoms with van der Waals surface area (Å²) < 4.78 is 19.1. The molecular weight excluding hydrogens is 283 g/mol. The fourth-order valence-electron chi connectivity index (χ4n) is 2.90. The van der Waals surface area contributed by atoms with Gasteiger partial charge in [-0.25, -0.2) is 19.3 Å². The van der Waals surface area contributed by atoms with Gasteiger partial charge in [0.2, 0.25) is 5.88 Å². The van der Waals surface area contributed by atoms with E-state index in [0.717, 1.165) is 31.6 Å². The maximum Gasteiger partial charge on any atom is 0.250 e. The number of halogens is 1. The highest BCUT2D eigenvalue weighted by Gasteiger charge is 2.22. The van der Waals surface area contributed by atoms with Crippen LogP contribution in [0.2, 0.25) is 0 Å². The second-order valence-corrected chi connectivity index (χ2v) is 5.48. The van der Waals surface area contributed by atoms with Crippen LogP contribution in [0.1, 0.15) is 30.0 Å². The van der Waals surface area contributed by atoms with Crippen LogP contribution in [0.5, 0.6) is 5.88 Å². The highest BCUT2D eigenvalue weighted by atomic mass is 19.1. The third-order valence-corrected chi connectivity index (χ3v) is 4.14. The van der Waals surface area contributed by atoms with Gasteiger partial charge in [0.1, 0.15) is 6.33 Å². The summed E-state index contributed by atoms with van der Waals surface area (Å²) in [4.78, 5) is 14.4. The lowest BCUT2D eigenvalue weighted by molar-refractivity contribution is 0.200. The molecule has 6 heteroatoms. The largest absolute Gasteiger partial charge is 0.479 e. The summed E-state index contributed by atoms with van der Waals surface area (Å²) >= 11 is 0. The van der Waals surface area contributed by atoms with Crippen molar-refractivity contribution in [1.82, 2.24) is 19.9 Å². The molecule has 116 valence electrons. The highest BCUT2D eigenvalue weighted by molar-refractivity contribution is 5.23. The topological polar surface area (TPSA) is 51.1 Å². The van der Waals surface area contributed by atoms with E-state index >= 15 is 0 Å². The van der Waals surface area contributed by atoms with Crippen molar-refractivity contribution in [2.75, 3.05) is 20.2 Å². The lowest BCUT2D eigenvalue weighted by Crippen LogP contribution is -2.33. The van der Waals surface area contributed by atoms with E-state index in [2.05, 4.69) is 19.9 Å². The SMILES string of the molecule is COc1nccc(CN2CCC(c3ccncn3)CC2)c1F. The first-order valence-corrected chi connectivity index (χ1v) is 7.43. The zero-order valence-electron chi connectivity index (χ0n) is 12.6. The number of hydrogen-bond donors (Lipinski definition) is 0. The molecule has 0 aromatic carbocycles. The zero-order chi connectivity index (χ0) is 15.4. The molecule has 0 bridgehead atoms. The Morgan fingerprint density at radius 1 is 1.23 bits per heavy atom. The maximum atomic E-state index is 14.1. The molecule has 22 heavy (non-hydrogen) atoms. The number of methoxy groups -OCH3 is 1. The highest BCUT2D eigenvalue weighted by Crippen LogP contribution is 2.27. The Morgan fingerprint density at radius 2 is 2.05 bits per heavy atom. The lowest BCUT2D eigenvalue weighted by Gasteiger charge is -2.31. The smallest absolute Gasteiger partial charge is 0.250 e. The first-order valence-electron chi connectivity index (χ1n) is 7.43. The van der Waals surface area contributed by atoms with Crippen molar-refractivity contribution in [2.24, 2.45) is 0 Å². The minimum Gasteiger partial charge on any atom is -0.479 e. The number of aromatic nitrogens is 3. The molecule has 0 spiro atoms. The minimum absolute atomic E-state index is 0.0633. The third kappa shape index (κ3) is 3.22. The van der Waals surface area contributed by atoms with Crippen molar-refractivity contribution in [1.29, 1.82) is 0 Å². The Hall–Kier alpha value is -2.08. The molecule has 2 aromatic heterocycles. The average Bonchev–Trinajstić information content (AvgIpc) is 2.58. The normalized spacial score (nSPS) is 16.6. The van der Waals surface area contributed by atoms with Crippen molar-refractivity contribution in [3.05, 3.63) is 47.9 Å². The second kappa shape index (κ2) is 6.79. The Balaban J connectivity index is 1.61. The molecule has 0 unspecified atom stereocenters. The molecule has 3 heterocycles. The van der Waals surface area contributed by atoms with Crippen LogP contribution < -0.4 is 4.74 Å². The van der Waals surface area contributed by atoms with Crippen molar-refractivity contribution < 1.29 is 9.13 Å². The third-order valence-electron chi connectivity index (χ3n) is 4.14. The summed E-state index contributed by atoms with van der Waals surface area (Å²) in [7, 11) is 1.43. The molecule has 3 rings (SSSR count). The quantitative estimate of drug-likeness (QED) is 0.868. The average molecular weight is 302 g/mol. The van der Waals surface area contributed by atoms with Gasteiger partial charge in [0.15, 0.2) is 5.82 Å². The molecule has 0 saturated carbocycles. The van der Waals surface area contributed by atoms with Gasteiger partial charge in [0.25, 0.3) is 0 Å². The minimum atomic E-state index is -0.358. The molecule has 0 N–H and O–H groups in total. The van der Waals surface area contributed by atoms with Gasteiger partial charge >= 0.3 is 0 Å². The van der Waals surface area contributed by atoms with Crippen LogP contribution in [0.3, 0.4) is 0 Å². The molecule has 0 radical (unpaired) electrons.